The second kappa shape index (κ2) is 3.70. The first kappa shape index (κ1) is 10.8. The maximum atomic E-state index is 13.2. The van der Waals surface area contributed by atoms with Crippen LogP contribution >= 0.6 is 0 Å². The van der Waals surface area contributed by atoms with Gasteiger partial charge >= 0.3 is 0 Å². The van der Waals surface area contributed by atoms with Crippen molar-refractivity contribution in [3.8, 4) is 5.75 Å². The minimum Gasteiger partial charge on any atom is -0.481 e. The Morgan fingerprint density at radius 3 is 2.75 bits per heavy atom. The first-order valence-corrected chi connectivity index (χ1v) is 4.51. The molecule has 1 aromatic carbocycles. The molecule has 0 aliphatic carbocycles. The largest absolute Gasteiger partial charge is 0.481 e. The van der Waals surface area contributed by atoms with E-state index in [0.29, 0.717) is 0 Å². The number of carbonyl (C=O) groups excluding carboxylic acids is 1. The number of hydrogen-bond donors (Lipinski definition) is 0. The molecule has 0 radical (unpaired) electrons. The monoisotopic (exact) mass is 231 g/mol. The first-order chi connectivity index (χ1) is 7.50. The number of halogens is 3. The van der Waals surface area contributed by atoms with Crippen LogP contribution in [0.25, 0.3) is 0 Å². The molecule has 3 nitrogen and oxygen atoms in total. The van der Waals surface area contributed by atoms with E-state index >= 15 is 0 Å². The van der Waals surface area contributed by atoms with Gasteiger partial charge in [0.15, 0.2) is 6.61 Å². The molecule has 16 heavy (non-hydrogen) atoms. The highest BCUT2D eigenvalue weighted by molar-refractivity contribution is 5.97. The SMILES string of the molecule is CN1C(=O)COc2cc(F)c(C(F)F)cc21. The maximum Gasteiger partial charge on any atom is 0.266 e. The van der Waals surface area contributed by atoms with Crippen molar-refractivity contribution < 1.29 is 22.7 Å². The number of likely N-dealkylation sites (N-methyl/N-ethyl adjacent to an activating group) is 1. The fourth-order valence-corrected chi connectivity index (χ4v) is 1.48. The molecule has 1 aliphatic heterocycles. The molecule has 0 spiro atoms. The van der Waals surface area contributed by atoms with Gasteiger partial charge in [-0.25, -0.2) is 13.2 Å². The van der Waals surface area contributed by atoms with Crippen LogP contribution in [0.3, 0.4) is 0 Å². The minimum atomic E-state index is -2.92. The Bertz CT molecular complexity index is 448. The molecule has 0 fully saturated rings. The summed E-state index contributed by atoms with van der Waals surface area (Å²) in [7, 11) is 1.43. The molecule has 86 valence electrons. The molecule has 2 rings (SSSR count). The van der Waals surface area contributed by atoms with E-state index in [0.717, 1.165) is 12.1 Å². The highest BCUT2D eigenvalue weighted by Crippen LogP contribution is 2.36. The molecule has 0 N–H and O–H groups in total. The number of nitrogens with zero attached hydrogens (tertiary/aromatic N) is 1. The van der Waals surface area contributed by atoms with Crippen molar-refractivity contribution >= 4 is 11.6 Å². The third kappa shape index (κ3) is 1.60. The second-order valence-electron chi connectivity index (χ2n) is 3.38. The number of carbonyl (C=O) groups is 1. The van der Waals surface area contributed by atoms with E-state index < -0.39 is 17.8 Å². The van der Waals surface area contributed by atoms with Crippen LogP contribution in [-0.4, -0.2) is 19.6 Å². The summed E-state index contributed by atoms with van der Waals surface area (Å²) in [5.74, 6) is -1.29. The normalized spacial score (nSPS) is 15.1. The van der Waals surface area contributed by atoms with Gasteiger partial charge in [0.25, 0.3) is 12.3 Å². The average Bonchev–Trinajstić information content (AvgIpc) is 2.23. The molecule has 6 heteroatoms. The summed E-state index contributed by atoms with van der Waals surface area (Å²) in [6.45, 7) is -0.211. The molecule has 0 atom stereocenters. The van der Waals surface area contributed by atoms with E-state index in [1.54, 1.807) is 0 Å². The summed E-state index contributed by atoms with van der Waals surface area (Å²) in [5.41, 5.74) is -0.572. The Morgan fingerprint density at radius 2 is 2.12 bits per heavy atom. The molecule has 1 heterocycles. The van der Waals surface area contributed by atoms with Gasteiger partial charge in [0.1, 0.15) is 11.6 Å². The van der Waals surface area contributed by atoms with Crippen LogP contribution in [0.1, 0.15) is 12.0 Å². The first-order valence-electron chi connectivity index (χ1n) is 4.51. The standard InChI is InChI=1S/C10H8F3NO2/c1-14-7-2-5(10(12)13)6(11)3-8(7)16-4-9(14)15/h2-3,10H,4H2,1H3. The van der Waals surface area contributed by atoms with Crippen LogP contribution in [0.5, 0.6) is 5.75 Å². The Kier molecular flexibility index (Phi) is 2.49. The van der Waals surface area contributed by atoms with Crippen LogP contribution in [0.2, 0.25) is 0 Å². The van der Waals surface area contributed by atoms with Gasteiger partial charge < -0.3 is 9.64 Å². The van der Waals surface area contributed by atoms with Gasteiger partial charge in [0, 0.05) is 13.1 Å². The van der Waals surface area contributed by atoms with E-state index in [9.17, 15) is 18.0 Å². The summed E-state index contributed by atoms with van der Waals surface area (Å²) < 4.78 is 43.0. The van der Waals surface area contributed by atoms with E-state index in [4.69, 9.17) is 4.74 Å². The highest BCUT2D eigenvalue weighted by Gasteiger charge is 2.26. The summed E-state index contributed by atoms with van der Waals surface area (Å²) in [4.78, 5) is 12.4. The fraction of sp³-hybridized carbons (Fsp3) is 0.300. The van der Waals surface area contributed by atoms with Crippen LogP contribution in [0.15, 0.2) is 12.1 Å². The lowest BCUT2D eigenvalue weighted by Gasteiger charge is -2.26. The topological polar surface area (TPSA) is 29.5 Å². The predicted octanol–water partition coefficient (Wildman–Crippen LogP) is 2.12. The molecular weight excluding hydrogens is 223 g/mol. The lowest BCUT2D eigenvalue weighted by Crippen LogP contribution is -2.35. The maximum absolute atomic E-state index is 13.2. The van der Waals surface area contributed by atoms with E-state index in [1.807, 2.05) is 0 Å². The molecule has 0 bridgehead atoms. The molecular formula is C10H8F3NO2. The van der Waals surface area contributed by atoms with Crippen LogP contribution in [0, 0.1) is 5.82 Å². The van der Waals surface area contributed by atoms with Gasteiger partial charge in [-0.15, -0.1) is 0 Å². The Labute approximate surface area is 89.4 Å². The lowest BCUT2D eigenvalue weighted by molar-refractivity contribution is -0.121. The third-order valence-electron chi connectivity index (χ3n) is 2.40. The number of rotatable bonds is 1. The van der Waals surface area contributed by atoms with Crippen LogP contribution in [0.4, 0.5) is 18.9 Å². The summed E-state index contributed by atoms with van der Waals surface area (Å²) >= 11 is 0. The fourth-order valence-electron chi connectivity index (χ4n) is 1.48. The zero-order valence-electron chi connectivity index (χ0n) is 8.34. The van der Waals surface area contributed by atoms with E-state index in [-0.39, 0.29) is 24.0 Å². The molecule has 1 amide bonds. The van der Waals surface area contributed by atoms with Crippen molar-refractivity contribution in [2.24, 2.45) is 0 Å². The zero-order chi connectivity index (χ0) is 11.9. The molecule has 0 saturated carbocycles. The lowest BCUT2D eigenvalue weighted by atomic mass is 10.1. The van der Waals surface area contributed by atoms with E-state index in [1.165, 1.54) is 11.9 Å². The average molecular weight is 231 g/mol. The van der Waals surface area contributed by atoms with Gasteiger partial charge in [-0.1, -0.05) is 0 Å². The number of benzene rings is 1. The Morgan fingerprint density at radius 1 is 1.44 bits per heavy atom. The summed E-state index contributed by atoms with van der Waals surface area (Å²) in [6.07, 6.45) is -2.92. The smallest absolute Gasteiger partial charge is 0.266 e. The van der Waals surface area contributed by atoms with Crippen LogP contribution < -0.4 is 9.64 Å². The number of ether oxygens (including phenoxy) is 1. The predicted molar refractivity (Wildman–Crippen MR) is 50.3 cm³/mol. The van der Waals surface area contributed by atoms with Gasteiger partial charge in [0.05, 0.1) is 11.3 Å². The minimum absolute atomic E-state index is 0.101. The van der Waals surface area contributed by atoms with Crippen LogP contribution in [-0.2, 0) is 4.79 Å². The van der Waals surface area contributed by atoms with Gasteiger partial charge in [0.2, 0.25) is 0 Å². The third-order valence-corrected chi connectivity index (χ3v) is 2.40. The summed E-state index contributed by atoms with van der Waals surface area (Å²) in [5, 5.41) is 0. The van der Waals surface area contributed by atoms with Crippen molar-refractivity contribution in [2.75, 3.05) is 18.6 Å². The van der Waals surface area contributed by atoms with Crippen molar-refractivity contribution in [2.45, 2.75) is 6.43 Å². The number of hydrogen-bond acceptors (Lipinski definition) is 2. The van der Waals surface area contributed by atoms with Crippen molar-refractivity contribution in [1.29, 1.82) is 0 Å². The van der Waals surface area contributed by atoms with Gasteiger partial charge in [-0.2, -0.15) is 0 Å². The van der Waals surface area contributed by atoms with Gasteiger partial charge in [-0.05, 0) is 6.07 Å². The van der Waals surface area contributed by atoms with E-state index in [2.05, 4.69) is 0 Å². The molecule has 0 saturated heterocycles. The quantitative estimate of drug-likeness (QED) is 0.740. The molecule has 1 aliphatic rings. The number of amides is 1. The van der Waals surface area contributed by atoms with Gasteiger partial charge in [-0.3, -0.25) is 4.79 Å². The highest BCUT2D eigenvalue weighted by atomic mass is 19.3. The van der Waals surface area contributed by atoms with Crippen molar-refractivity contribution in [1.82, 2.24) is 0 Å². The Hall–Kier alpha value is -1.72. The second-order valence-corrected chi connectivity index (χ2v) is 3.38. The number of fused-ring (bicyclic) bond motifs is 1. The zero-order valence-corrected chi connectivity index (χ0v) is 8.34. The number of anilines is 1. The summed E-state index contributed by atoms with van der Waals surface area (Å²) in [6, 6.07) is 1.81. The molecule has 1 aromatic rings. The number of alkyl halides is 2. The van der Waals surface area contributed by atoms with Crippen molar-refractivity contribution in [3.63, 3.8) is 0 Å². The van der Waals surface area contributed by atoms with Crippen molar-refractivity contribution in [3.05, 3.63) is 23.5 Å². The molecule has 0 unspecified atom stereocenters. The molecule has 0 aromatic heterocycles. The Balaban J connectivity index is 2.54.